The van der Waals surface area contributed by atoms with Crippen molar-refractivity contribution in [3.8, 4) is 0 Å². The lowest BCUT2D eigenvalue weighted by Crippen LogP contribution is -2.39. The lowest BCUT2D eigenvalue weighted by molar-refractivity contribution is -0.123. The highest BCUT2D eigenvalue weighted by molar-refractivity contribution is 7.18. The molecular formula is C19H30N4O6S. The standard InChI is InChI=1S/C19H30N4O6S/c1-6-29-19(27)15-12(2)16(17(26)20-3)30-18(15)22-14(25)11-23(4)10-13(24)21-8-7-9-28-5/h6-11H2,1-5H3,(H,20,26)(H,21,24)(H,22,25). The van der Waals surface area contributed by atoms with Gasteiger partial charge in [0.1, 0.15) is 5.00 Å². The summed E-state index contributed by atoms with van der Waals surface area (Å²) in [5, 5.41) is 8.16. The topological polar surface area (TPSA) is 126 Å². The molecule has 0 saturated carbocycles. The lowest BCUT2D eigenvalue weighted by Gasteiger charge is -2.16. The number of nitrogens with zero attached hydrogens (tertiary/aromatic N) is 1. The van der Waals surface area contributed by atoms with Crippen LogP contribution in [-0.2, 0) is 19.1 Å². The molecule has 0 radical (unpaired) electrons. The Hall–Kier alpha value is -2.50. The highest BCUT2D eigenvalue weighted by atomic mass is 32.1. The van der Waals surface area contributed by atoms with Gasteiger partial charge in [-0.1, -0.05) is 0 Å². The monoisotopic (exact) mass is 442 g/mol. The Balaban J connectivity index is 2.78. The van der Waals surface area contributed by atoms with Crippen molar-refractivity contribution in [3.05, 3.63) is 16.0 Å². The fourth-order valence-corrected chi connectivity index (χ4v) is 3.75. The zero-order valence-electron chi connectivity index (χ0n) is 18.0. The van der Waals surface area contributed by atoms with Crippen molar-refractivity contribution >= 4 is 40.0 Å². The van der Waals surface area contributed by atoms with Crippen LogP contribution in [0, 0.1) is 6.92 Å². The molecule has 0 aliphatic heterocycles. The third kappa shape index (κ3) is 7.73. The Morgan fingerprint density at radius 2 is 1.80 bits per heavy atom. The second-order valence-electron chi connectivity index (χ2n) is 6.48. The van der Waals surface area contributed by atoms with Gasteiger partial charge in [0.05, 0.1) is 30.1 Å². The number of amides is 3. The Bertz CT molecular complexity index is 764. The molecule has 11 heteroatoms. The predicted molar refractivity (Wildman–Crippen MR) is 114 cm³/mol. The predicted octanol–water partition coefficient (Wildman–Crippen LogP) is 0.616. The van der Waals surface area contributed by atoms with Crippen LogP contribution >= 0.6 is 11.3 Å². The van der Waals surface area contributed by atoms with Crippen LogP contribution < -0.4 is 16.0 Å². The lowest BCUT2D eigenvalue weighted by atomic mass is 10.1. The van der Waals surface area contributed by atoms with E-state index < -0.39 is 11.9 Å². The second kappa shape index (κ2) is 12.9. The zero-order chi connectivity index (χ0) is 22.7. The number of carbonyl (C=O) groups excluding carboxylic acids is 4. The Morgan fingerprint density at radius 1 is 1.13 bits per heavy atom. The van der Waals surface area contributed by atoms with Crippen molar-refractivity contribution in [1.82, 2.24) is 15.5 Å². The molecule has 0 aromatic carbocycles. The van der Waals surface area contributed by atoms with Crippen molar-refractivity contribution in [2.24, 2.45) is 0 Å². The van der Waals surface area contributed by atoms with E-state index in [0.29, 0.717) is 30.0 Å². The van der Waals surface area contributed by atoms with Gasteiger partial charge >= 0.3 is 5.97 Å². The molecule has 0 bridgehead atoms. The molecular weight excluding hydrogens is 412 g/mol. The largest absolute Gasteiger partial charge is 0.462 e. The third-order valence-electron chi connectivity index (χ3n) is 3.99. The van der Waals surface area contributed by atoms with Gasteiger partial charge in [0.15, 0.2) is 0 Å². The van der Waals surface area contributed by atoms with Crippen LogP contribution in [0.2, 0.25) is 0 Å². The summed E-state index contributed by atoms with van der Waals surface area (Å²) in [7, 11) is 4.71. The van der Waals surface area contributed by atoms with Crippen molar-refractivity contribution in [1.29, 1.82) is 0 Å². The summed E-state index contributed by atoms with van der Waals surface area (Å²) in [4.78, 5) is 50.6. The second-order valence-corrected chi connectivity index (χ2v) is 7.50. The molecule has 1 rings (SSSR count). The number of rotatable bonds is 12. The molecule has 0 aliphatic rings. The minimum atomic E-state index is -0.611. The first-order valence-corrected chi connectivity index (χ1v) is 10.3. The fraction of sp³-hybridized carbons (Fsp3) is 0.579. The first kappa shape index (κ1) is 25.5. The van der Waals surface area contributed by atoms with Crippen LogP contribution in [0.4, 0.5) is 5.00 Å². The highest BCUT2D eigenvalue weighted by Crippen LogP contribution is 2.33. The zero-order valence-corrected chi connectivity index (χ0v) is 18.9. The van der Waals surface area contributed by atoms with Gasteiger partial charge < -0.3 is 25.4 Å². The summed E-state index contributed by atoms with van der Waals surface area (Å²) in [6.07, 6.45) is 0.703. The van der Waals surface area contributed by atoms with Crippen molar-refractivity contribution < 1.29 is 28.7 Å². The van der Waals surface area contributed by atoms with Crippen LogP contribution in [-0.4, -0.2) is 82.6 Å². The first-order chi connectivity index (χ1) is 14.2. The van der Waals surface area contributed by atoms with Gasteiger partial charge in [0, 0.05) is 27.3 Å². The number of hydrogen-bond donors (Lipinski definition) is 3. The average molecular weight is 443 g/mol. The number of methoxy groups -OCH3 is 1. The number of esters is 1. The van der Waals surface area contributed by atoms with Gasteiger partial charge in [-0.3, -0.25) is 19.3 Å². The maximum atomic E-state index is 12.4. The molecule has 3 N–H and O–H groups in total. The van der Waals surface area contributed by atoms with E-state index in [4.69, 9.17) is 9.47 Å². The molecule has 1 aromatic rings. The fourth-order valence-electron chi connectivity index (χ4n) is 2.59. The van der Waals surface area contributed by atoms with Crippen molar-refractivity contribution in [2.75, 3.05) is 59.4 Å². The Kier molecular flexibility index (Phi) is 11.0. The number of carbonyl (C=O) groups is 4. The van der Waals surface area contributed by atoms with Gasteiger partial charge in [-0.05, 0) is 32.9 Å². The average Bonchev–Trinajstić information content (AvgIpc) is 3.00. The van der Waals surface area contributed by atoms with E-state index in [1.807, 2.05) is 0 Å². The number of anilines is 1. The quantitative estimate of drug-likeness (QED) is 0.320. The summed E-state index contributed by atoms with van der Waals surface area (Å²) in [6.45, 7) is 4.49. The number of nitrogens with one attached hydrogen (secondary N) is 3. The molecule has 0 saturated heterocycles. The maximum absolute atomic E-state index is 12.4. The van der Waals surface area contributed by atoms with Crippen LogP contribution in [0.15, 0.2) is 0 Å². The molecule has 3 amide bonds. The molecule has 0 spiro atoms. The first-order valence-electron chi connectivity index (χ1n) is 9.51. The summed E-state index contributed by atoms with van der Waals surface area (Å²) in [6, 6.07) is 0. The molecule has 10 nitrogen and oxygen atoms in total. The molecule has 168 valence electrons. The smallest absolute Gasteiger partial charge is 0.341 e. The minimum absolute atomic E-state index is 0.0398. The van der Waals surface area contributed by atoms with Gasteiger partial charge in [0.25, 0.3) is 5.91 Å². The van der Waals surface area contributed by atoms with E-state index in [9.17, 15) is 19.2 Å². The number of likely N-dealkylation sites (N-methyl/N-ethyl adjacent to an activating group) is 1. The Morgan fingerprint density at radius 3 is 2.40 bits per heavy atom. The molecule has 0 atom stereocenters. The van der Waals surface area contributed by atoms with E-state index in [1.54, 1.807) is 32.9 Å². The molecule has 0 aliphatic carbocycles. The number of ether oxygens (including phenoxy) is 2. The summed E-state index contributed by atoms with van der Waals surface area (Å²) in [5.74, 6) is -1.59. The number of thiophene rings is 1. The van der Waals surface area contributed by atoms with E-state index >= 15 is 0 Å². The van der Waals surface area contributed by atoms with Crippen LogP contribution in [0.5, 0.6) is 0 Å². The maximum Gasteiger partial charge on any atom is 0.341 e. The van der Waals surface area contributed by atoms with Crippen LogP contribution in [0.1, 0.15) is 38.9 Å². The highest BCUT2D eigenvalue weighted by Gasteiger charge is 2.26. The van der Waals surface area contributed by atoms with Gasteiger partial charge in [-0.15, -0.1) is 11.3 Å². The van der Waals surface area contributed by atoms with Crippen LogP contribution in [0.25, 0.3) is 0 Å². The summed E-state index contributed by atoms with van der Waals surface area (Å²) in [5.41, 5.74) is 0.601. The van der Waals surface area contributed by atoms with E-state index in [2.05, 4.69) is 16.0 Å². The van der Waals surface area contributed by atoms with Gasteiger partial charge in [0.2, 0.25) is 11.8 Å². The van der Waals surface area contributed by atoms with E-state index in [0.717, 1.165) is 11.3 Å². The molecule has 0 unspecified atom stereocenters. The van der Waals surface area contributed by atoms with E-state index in [1.165, 1.54) is 7.05 Å². The van der Waals surface area contributed by atoms with Crippen LogP contribution in [0.3, 0.4) is 0 Å². The molecule has 1 aromatic heterocycles. The molecule has 1 heterocycles. The van der Waals surface area contributed by atoms with Gasteiger partial charge in [-0.2, -0.15) is 0 Å². The number of hydrogen-bond acceptors (Lipinski definition) is 8. The molecule has 30 heavy (non-hydrogen) atoms. The van der Waals surface area contributed by atoms with Crippen molar-refractivity contribution in [3.63, 3.8) is 0 Å². The third-order valence-corrected chi connectivity index (χ3v) is 5.19. The summed E-state index contributed by atoms with van der Waals surface area (Å²) < 4.78 is 9.97. The van der Waals surface area contributed by atoms with Crippen molar-refractivity contribution in [2.45, 2.75) is 20.3 Å². The summed E-state index contributed by atoms with van der Waals surface area (Å²) >= 11 is 1.00. The molecule has 0 fully saturated rings. The normalized spacial score (nSPS) is 10.6. The SMILES string of the molecule is CCOC(=O)c1c(NC(=O)CN(C)CC(=O)NCCCOC)sc(C(=O)NC)c1C. The minimum Gasteiger partial charge on any atom is -0.462 e. The van der Waals surface area contributed by atoms with E-state index in [-0.39, 0.29) is 42.1 Å². The Labute approximate surface area is 180 Å². The van der Waals surface area contributed by atoms with Gasteiger partial charge in [-0.25, -0.2) is 4.79 Å².